The molecular weight excluding hydrogens is 310 g/mol. The van der Waals surface area contributed by atoms with Crippen molar-refractivity contribution in [3.63, 3.8) is 0 Å². The van der Waals surface area contributed by atoms with E-state index in [-0.39, 0.29) is 11.4 Å². The smallest absolute Gasteiger partial charge is 0.255 e. The van der Waals surface area contributed by atoms with Crippen LogP contribution in [0.4, 0.5) is 0 Å². The molecule has 1 fully saturated rings. The Morgan fingerprint density at radius 1 is 1.24 bits per heavy atom. The first kappa shape index (κ1) is 17.7. The predicted molar refractivity (Wildman–Crippen MR) is 101 cm³/mol. The van der Waals surface area contributed by atoms with Crippen LogP contribution in [-0.2, 0) is 12.0 Å². The van der Waals surface area contributed by atoms with Gasteiger partial charge >= 0.3 is 0 Å². The topological polar surface area (TPSA) is 38.1 Å². The highest BCUT2D eigenvalue weighted by Gasteiger charge is 2.28. The molecule has 0 N–H and O–H groups in total. The molecule has 0 saturated carbocycles. The summed E-state index contributed by atoms with van der Waals surface area (Å²) in [7, 11) is 0. The first-order valence-electron chi connectivity index (χ1n) is 9.34. The molecule has 3 heterocycles. The van der Waals surface area contributed by atoms with Gasteiger partial charge in [-0.3, -0.25) is 9.78 Å². The Labute approximate surface area is 150 Å². The van der Waals surface area contributed by atoms with Crippen LogP contribution < -0.4 is 0 Å². The Morgan fingerprint density at radius 2 is 2.08 bits per heavy atom. The van der Waals surface area contributed by atoms with Crippen LogP contribution in [0.25, 0.3) is 0 Å². The number of carbonyl (C=O) groups is 1. The minimum Gasteiger partial charge on any atom is -0.348 e. The van der Waals surface area contributed by atoms with E-state index in [1.165, 1.54) is 6.42 Å². The zero-order valence-corrected chi connectivity index (χ0v) is 15.6. The van der Waals surface area contributed by atoms with Gasteiger partial charge in [0, 0.05) is 42.4 Å². The minimum absolute atomic E-state index is 0.00118. The first-order valence-corrected chi connectivity index (χ1v) is 9.34. The summed E-state index contributed by atoms with van der Waals surface area (Å²) in [4.78, 5) is 19.6. The van der Waals surface area contributed by atoms with Crippen LogP contribution in [0.5, 0.6) is 0 Å². The summed E-state index contributed by atoms with van der Waals surface area (Å²) in [5.74, 6) is 0.175. The average Bonchev–Trinajstić information content (AvgIpc) is 3.11. The molecular formula is C21H29N3O. The van der Waals surface area contributed by atoms with Crippen LogP contribution in [0, 0.1) is 0 Å². The van der Waals surface area contributed by atoms with Crippen molar-refractivity contribution in [2.24, 2.45) is 0 Å². The van der Waals surface area contributed by atoms with E-state index in [9.17, 15) is 4.79 Å². The number of nitrogens with zero attached hydrogens (tertiary/aromatic N) is 3. The number of pyridine rings is 1. The van der Waals surface area contributed by atoms with Crippen molar-refractivity contribution in [1.82, 2.24) is 14.5 Å². The van der Waals surface area contributed by atoms with Crippen LogP contribution in [0.2, 0.25) is 0 Å². The normalized spacial score (nSPS) is 18.4. The van der Waals surface area contributed by atoms with Gasteiger partial charge in [0.05, 0.1) is 5.56 Å². The second-order valence-electron chi connectivity index (χ2n) is 7.99. The number of carbonyl (C=O) groups excluding carboxylic acids is 1. The van der Waals surface area contributed by atoms with E-state index in [2.05, 4.69) is 41.3 Å². The second-order valence-corrected chi connectivity index (χ2v) is 7.99. The van der Waals surface area contributed by atoms with E-state index in [0.29, 0.717) is 6.04 Å². The summed E-state index contributed by atoms with van der Waals surface area (Å²) in [5, 5.41) is 0. The molecule has 1 aliphatic heterocycles. The standard InChI is InChI=1S/C21H29N3O/c1-21(2,3)23-15-12-17(16-23)20(25)24-14-7-5-9-19(24)11-10-18-8-4-6-13-22-18/h4,6,8,12-13,15-16,19H,5,7,9-11,14H2,1-3H3. The van der Waals surface area contributed by atoms with Gasteiger partial charge in [0.2, 0.25) is 0 Å². The Kier molecular flexibility index (Phi) is 5.26. The molecule has 0 aromatic carbocycles. The molecule has 2 aromatic rings. The molecule has 1 saturated heterocycles. The quantitative estimate of drug-likeness (QED) is 0.834. The van der Waals surface area contributed by atoms with E-state index in [1.54, 1.807) is 0 Å². The van der Waals surface area contributed by atoms with E-state index in [1.807, 2.05) is 36.8 Å². The summed E-state index contributed by atoms with van der Waals surface area (Å²) < 4.78 is 2.12. The average molecular weight is 339 g/mol. The van der Waals surface area contributed by atoms with Crippen molar-refractivity contribution in [2.75, 3.05) is 6.54 Å². The first-order chi connectivity index (χ1) is 11.9. The molecule has 0 spiro atoms. The van der Waals surface area contributed by atoms with E-state index >= 15 is 0 Å². The molecule has 1 aliphatic rings. The lowest BCUT2D eigenvalue weighted by molar-refractivity contribution is 0.0601. The molecule has 1 amide bonds. The number of hydrogen-bond acceptors (Lipinski definition) is 2. The fourth-order valence-corrected chi connectivity index (χ4v) is 3.53. The van der Waals surface area contributed by atoms with Crippen molar-refractivity contribution < 1.29 is 4.79 Å². The summed E-state index contributed by atoms with van der Waals surface area (Å²) in [6, 6.07) is 8.32. The van der Waals surface area contributed by atoms with Crippen molar-refractivity contribution in [3.8, 4) is 0 Å². The molecule has 1 atom stereocenters. The SMILES string of the molecule is CC(C)(C)n1ccc(C(=O)N2CCCCC2CCc2ccccn2)c1. The van der Waals surface area contributed by atoms with E-state index in [4.69, 9.17) is 0 Å². The van der Waals surface area contributed by atoms with Crippen LogP contribution >= 0.6 is 0 Å². The number of piperidine rings is 1. The number of aryl methyl sites for hydroxylation is 1. The molecule has 2 aromatic heterocycles. The van der Waals surface area contributed by atoms with Crippen LogP contribution in [0.1, 0.15) is 62.5 Å². The lowest BCUT2D eigenvalue weighted by Gasteiger charge is -2.36. The van der Waals surface area contributed by atoms with Gasteiger partial charge in [-0.05, 0) is 71.1 Å². The number of aromatic nitrogens is 2. The molecule has 4 nitrogen and oxygen atoms in total. The Morgan fingerprint density at radius 3 is 2.76 bits per heavy atom. The highest BCUT2D eigenvalue weighted by molar-refractivity contribution is 5.94. The lowest BCUT2D eigenvalue weighted by atomic mass is 9.96. The van der Waals surface area contributed by atoms with Gasteiger partial charge in [0.15, 0.2) is 0 Å². The number of likely N-dealkylation sites (tertiary alicyclic amines) is 1. The predicted octanol–water partition coefficient (Wildman–Crippen LogP) is 4.27. The molecule has 0 aliphatic carbocycles. The van der Waals surface area contributed by atoms with Crippen LogP contribution in [0.15, 0.2) is 42.9 Å². The van der Waals surface area contributed by atoms with Crippen LogP contribution in [0.3, 0.4) is 0 Å². The summed E-state index contributed by atoms with van der Waals surface area (Å²) >= 11 is 0. The van der Waals surface area contributed by atoms with Gasteiger partial charge in [0.25, 0.3) is 5.91 Å². The number of hydrogen-bond donors (Lipinski definition) is 0. The molecule has 134 valence electrons. The van der Waals surface area contributed by atoms with Crippen molar-refractivity contribution in [3.05, 3.63) is 54.1 Å². The zero-order chi connectivity index (χ0) is 17.9. The minimum atomic E-state index is -0.00118. The summed E-state index contributed by atoms with van der Waals surface area (Å²) in [6.45, 7) is 7.32. The molecule has 0 bridgehead atoms. The molecule has 0 radical (unpaired) electrons. The third kappa shape index (κ3) is 4.30. The summed E-state index contributed by atoms with van der Waals surface area (Å²) in [6.07, 6.45) is 11.2. The molecule has 1 unspecified atom stereocenters. The van der Waals surface area contributed by atoms with Gasteiger partial charge in [-0.25, -0.2) is 0 Å². The van der Waals surface area contributed by atoms with Gasteiger partial charge in [0.1, 0.15) is 0 Å². The maximum Gasteiger partial charge on any atom is 0.255 e. The number of rotatable bonds is 4. The van der Waals surface area contributed by atoms with Gasteiger partial charge < -0.3 is 9.47 Å². The Bertz CT molecular complexity index is 699. The van der Waals surface area contributed by atoms with Crippen molar-refractivity contribution in [1.29, 1.82) is 0 Å². The van der Waals surface area contributed by atoms with Crippen LogP contribution in [-0.4, -0.2) is 32.9 Å². The van der Waals surface area contributed by atoms with Crippen molar-refractivity contribution in [2.45, 2.75) is 64.5 Å². The maximum absolute atomic E-state index is 13.1. The van der Waals surface area contributed by atoms with Gasteiger partial charge in [-0.2, -0.15) is 0 Å². The second kappa shape index (κ2) is 7.42. The highest BCUT2D eigenvalue weighted by atomic mass is 16.2. The van der Waals surface area contributed by atoms with E-state index < -0.39 is 0 Å². The fourth-order valence-electron chi connectivity index (χ4n) is 3.53. The number of amides is 1. The Balaban J connectivity index is 1.69. The largest absolute Gasteiger partial charge is 0.348 e. The third-order valence-corrected chi connectivity index (χ3v) is 5.06. The Hall–Kier alpha value is -2.10. The zero-order valence-electron chi connectivity index (χ0n) is 15.6. The molecule has 25 heavy (non-hydrogen) atoms. The third-order valence-electron chi connectivity index (χ3n) is 5.06. The maximum atomic E-state index is 13.1. The van der Waals surface area contributed by atoms with E-state index in [0.717, 1.165) is 43.5 Å². The summed E-state index contributed by atoms with van der Waals surface area (Å²) in [5.41, 5.74) is 1.91. The van der Waals surface area contributed by atoms with Gasteiger partial charge in [-0.15, -0.1) is 0 Å². The molecule has 3 rings (SSSR count). The lowest BCUT2D eigenvalue weighted by Crippen LogP contribution is -2.44. The highest BCUT2D eigenvalue weighted by Crippen LogP contribution is 2.24. The van der Waals surface area contributed by atoms with Gasteiger partial charge in [-0.1, -0.05) is 6.07 Å². The van der Waals surface area contributed by atoms with Crippen molar-refractivity contribution >= 4 is 5.91 Å². The monoisotopic (exact) mass is 339 g/mol. The fraction of sp³-hybridized carbons (Fsp3) is 0.524. The molecule has 4 heteroatoms.